The first-order valence-electron chi connectivity index (χ1n) is 10.9. The first-order chi connectivity index (χ1) is 15.8. The average molecular weight is 484 g/mol. The molecule has 2 fully saturated rings. The van der Waals surface area contributed by atoms with Crippen LogP contribution in [-0.2, 0) is 11.3 Å². The van der Waals surface area contributed by atoms with E-state index in [1.54, 1.807) is 36.4 Å². The van der Waals surface area contributed by atoms with Crippen LogP contribution in [0, 0.1) is 0 Å². The first-order valence-corrected chi connectivity index (χ1v) is 12.1. The minimum atomic E-state index is -0.326. The predicted octanol–water partition coefficient (Wildman–Crippen LogP) is 4.74. The van der Waals surface area contributed by atoms with Gasteiger partial charge in [-0.25, -0.2) is 0 Å². The maximum absolute atomic E-state index is 12.8. The SMILES string of the molecule is CC(C)N1CCN(C(=O)c2ccc(/C=C3\SC(=O)N(Cc4cccc(Cl)c4)C3=O)cc2)CC1. The highest BCUT2D eigenvalue weighted by Gasteiger charge is 2.35. The molecule has 3 amide bonds. The summed E-state index contributed by atoms with van der Waals surface area (Å²) in [7, 11) is 0. The van der Waals surface area contributed by atoms with E-state index >= 15 is 0 Å². The van der Waals surface area contributed by atoms with Gasteiger partial charge in [-0.05, 0) is 67.1 Å². The molecule has 2 aliphatic rings. The van der Waals surface area contributed by atoms with E-state index in [4.69, 9.17) is 11.6 Å². The lowest BCUT2D eigenvalue weighted by Gasteiger charge is -2.37. The number of carbonyl (C=O) groups excluding carboxylic acids is 3. The number of hydrogen-bond donors (Lipinski definition) is 0. The molecular weight excluding hydrogens is 458 g/mol. The normalized spacial score (nSPS) is 18.6. The molecule has 2 saturated heterocycles. The molecule has 2 aliphatic heterocycles. The van der Waals surface area contributed by atoms with Crippen LogP contribution >= 0.6 is 23.4 Å². The number of carbonyl (C=O) groups is 3. The lowest BCUT2D eigenvalue weighted by Crippen LogP contribution is -2.50. The molecule has 0 aromatic heterocycles. The standard InChI is InChI=1S/C25H26ClN3O3S/c1-17(2)27-10-12-28(13-11-27)23(30)20-8-6-18(7-9-20)15-22-24(31)29(25(32)33-22)16-19-4-3-5-21(26)14-19/h3-9,14-15,17H,10-13,16H2,1-2H3/b22-15-. The Morgan fingerprint density at radius 2 is 1.76 bits per heavy atom. The van der Waals surface area contributed by atoms with E-state index in [2.05, 4.69) is 18.7 Å². The molecule has 0 radical (unpaired) electrons. The number of rotatable bonds is 5. The first kappa shape index (κ1) is 23.5. The van der Waals surface area contributed by atoms with E-state index in [-0.39, 0.29) is 23.6 Å². The fourth-order valence-corrected chi connectivity index (χ4v) is 5.00. The van der Waals surface area contributed by atoms with Crippen LogP contribution in [0.25, 0.3) is 6.08 Å². The summed E-state index contributed by atoms with van der Waals surface area (Å²) in [5.74, 6) is -0.306. The molecule has 2 aromatic rings. The van der Waals surface area contributed by atoms with Gasteiger partial charge in [0.15, 0.2) is 0 Å². The van der Waals surface area contributed by atoms with E-state index in [1.807, 2.05) is 23.1 Å². The smallest absolute Gasteiger partial charge is 0.293 e. The van der Waals surface area contributed by atoms with Gasteiger partial charge in [0.25, 0.3) is 17.1 Å². The van der Waals surface area contributed by atoms with Gasteiger partial charge in [-0.2, -0.15) is 0 Å². The van der Waals surface area contributed by atoms with E-state index in [1.165, 1.54) is 4.90 Å². The lowest BCUT2D eigenvalue weighted by molar-refractivity contribution is -0.123. The molecular formula is C25H26ClN3O3S. The molecule has 33 heavy (non-hydrogen) atoms. The van der Waals surface area contributed by atoms with Gasteiger partial charge in [0, 0.05) is 42.8 Å². The van der Waals surface area contributed by atoms with Crippen LogP contribution < -0.4 is 0 Å². The van der Waals surface area contributed by atoms with Crippen LogP contribution in [0.2, 0.25) is 5.02 Å². The van der Waals surface area contributed by atoms with Crippen molar-refractivity contribution in [2.75, 3.05) is 26.2 Å². The summed E-state index contributed by atoms with van der Waals surface area (Å²) in [6.45, 7) is 7.72. The number of benzene rings is 2. The minimum Gasteiger partial charge on any atom is -0.336 e. The molecule has 0 bridgehead atoms. The summed E-state index contributed by atoms with van der Waals surface area (Å²) < 4.78 is 0. The zero-order valence-corrected chi connectivity index (χ0v) is 20.2. The van der Waals surface area contributed by atoms with Gasteiger partial charge in [0.1, 0.15) is 0 Å². The highest BCUT2D eigenvalue weighted by Crippen LogP contribution is 2.33. The van der Waals surface area contributed by atoms with E-state index in [0.717, 1.165) is 49.1 Å². The maximum Gasteiger partial charge on any atom is 0.293 e. The summed E-state index contributed by atoms with van der Waals surface area (Å²) in [6, 6.07) is 14.8. The molecule has 0 N–H and O–H groups in total. The van der Waals surface area contributed by atoms with Gasteiger partial charge in [-0.1, -0.05) is 35.9 Å². The molecule has 6 nitrogen and oxygen atoms in total. The number of halogens is 1. The number of piperazine rings is 1. The predicted molar refractivity (Wildman–Crippen MR) is 132 cm³/mol. The van der Waals surface area contributed by atoms with Crippen molar-refractivity contribution in [2.24, 2.45) is 0 Å². The second-order valence-corrected chi connectivity index (χ2v) is 9.87. The quantitative estimate of drug-likeness (QED) is 0.575. The van der Waals surface area contributed by atoms with Crippen LogP contribution in [0.1, 0.15) is 35.3 Å². The molecule has 8 heteroatoms. The van der Waals surface area contributed by atoms with Gasteiger partial charge in [0.2, 0.25) is 0 Å². The van der Waals surface area contributed by atoms with Gasteiger partial charge in [-0.3, -0.25) is 24.2 Å². The van der Waals surface area contributed by atoms with Crippen molar-refractivity contribution >= 4 is 46.5 Å². The van der Waals surface area contributed by atoms with Crippen molar-refractivity contribution in [1.29, 1.82) is 0 Å². The molecule has 0 unspecified atom stereocenters. The summed E-state index contributed by atoms with van der Waals surface area (Å²) >= 11 is 6.93. The van der Waals surface area contributed by atoms with Crippen molar-refractivity contribution in [3.05, 3.63) is 75.1 Å². The van der Waals surface area contributed by atoms with Gasteiger partial charge in [0.05, 0.1) is 11.4 Å². The second-order valence-electron chi connectivity index (χ2n) is 8.44. The molecule has 2 heterocycles. The molecule has 2 aromatic carbocycles. The zero-order valence-electron chi connectivity index (χ0n) is 18.7. The summed E-state index contributed by atoms with van der Waals surface area (Å²) in [6.07, 6.45) is 1.69. The van der Waals surface area contributed by atoms with Crippen molar-refractivity contribution in [3.63, 3.8) is 0 Å². The third-order valence-corrected chi connectivity index (χ3v) is 7.03. The Balaban J connectivity index is 1.41. The topological polar surface area (TPSA) is 60.9 Å². The molecule has 172 valence electrons. The third kappa shape index (κ3) is 5.49. The fraction of sp³-hybridized carbons (Fsp3) is 0.320. The van der Waals surface area contributed by atoms with Gasteiger partial charge >= 0.3 is 0 Å². The van der Waals surface area contributed by atoms with Crippen molar-refractivity contribution in [3.8, 4) is 0 Å². The number of imide groups is 1. The van der Waals surface area contributed by atoms with E-state index in [9.17, 15) is 14.4 Å². The van der Waals surface area contributed by atoms with Crippen LogP contribution in [0.4, 0.5) is 4.79 Å². The monoisotopic (exact) mass is 483 g/mol. The average Bonchev–Trinajstić information content (AvgIpc) is 3.06. The lowest BCUT2D eigenvalue weighted by atomic mass is 10.1. The van der Waals surface area contributed by atoms with Crippen LogP contribution in [0.3, 0.4) is 0 Å². The highest BCUT2D eigenvalue weighted by molar-refractivity contribution is 8.18. The molecule has 0 saturated carbocycles. The number of thioether (sulfide) groups is 1. The van der Waals surface area contributed by atoms with Crippen molar-refractivity contribution in [1.82, 2.24) is 14.7 Å². The van der Waals surface area contributed by atoms with Crippen molar-refractivity contribution in [2.45, 2.75) is 26.4 Å². The summed E-state index contributed by atoms with van der Waals surface area (Å²) in [5.41, 5.74) is 2.19. The van der Waals surface area contributed by atoms with E-state index in [0.29, 0.717) is 21.5 Å². The van der Waals surface area contributed by atoms with Crippen molar-refractivity contribution < 1.29 is 14.4 Å². The Morgan fingerprint density at radius 1 is 1.06 bits per heavy atom. The Hall–Kier alpha value is -2.61. The van der Waals surface area contributed by atoms with Crippen LogP contribution in [-0.4, -0.2) is 64.0 Å². The fourth-order valence-electron chi connectivity index (χ4n) is 3.95. The summed E-state index contributed by atoms with van der Waals surface area (Å²) in [5, 5.41) is 0.255. The Labute approximate surface area is 203 Å². The Bertz CT molecular complexity index is 1090. The number of hydrogen-bond acceptors (Lipinski definition) is 5. The number of amides is 3. The van der Waals surface area contributed by atoms with Crippen LogP contribution in [0.5, 0.6) is 0 Å². The minimum absolute atomic E-state index is 0.0202. The summed E-state index contributed by atoms with van der Waals surface area (Å²) in [4.78, 5) is 43.9. The maximum atomic E-state index is 12.8. The molecule has 0 aliphatic carbocycles. The Morgan fingerprint density at radius 3 is 2.39 bits per heavy atom. The molecule has 0 spiro atoms. The second kappa shape index (κ2) is 10.1. The third-order valence-electron chi connectivity index (χ3n) is 5.89. The molecule has 0 atom stereocenters. The number of nitrogens with zero attached hydrogens (tertiary/aromatic N) is 3. The van der Waals surface area contributed by atoms with Crippen LogP contribution in [0.15, 0.2) is 53.4 Å². The van der Waals surface area contributed by atoms with Gasteiger partial charge in [-0.15, -0.1) is 0 Å². The van der Waals surface area contributed by atoms with E-state index < -0.39 is 0 Å². The molecule has 4 rings (SSSR count). The highest BCUT2D eigenvalue weighted by atomic mass is 35.5. The largest absolute Gasteiger partial charge is 0.336 e. The zero-order chi connectivity index (χ0) is 23.5. The Kier molecular flexibility index (Phi) is 7.22. The van der Waals surface area contributed by atoms with Gasteiger partial charge < -0.3 is 4.90 Å².